The number of ether oxygens (including phenoxy) is 1. The van der Waals surface area contributed by atoms with Crippen LogP contribution in [-0.4, -0.2) is 36.0 Å². The topological polar surface area (TPSA) is 55.6 Å². The van der Waals surface area contributed by atoms with E-state index in [2.05, 4.69) is 6.07 Å². The van der Waals surface area contributed by atoms with Crippen LogP contribution in [0.2, 0.25) is 0 Å². The van der Waals surface area contributed by atoms with Gasteiger partial charge < -0.3 is 15.4 Å². The average Bonchev–Trinajstić information content (AvgIpc) is 2.53. The van der Waals surface area contributed by atoms with Gasteiger partial charge in [-0.05, 0) is 43.7 Å². The van der Waals surface area contributed by atoms with Gasteiger partial charge in [0.25, 0.3) is 5.91 Å². The molecule has 0 bridgehead atoms. The predicted octanol–water partition coefficient (Wildman–Crippen LogP) is 2.03. The second-order valence-electron chi connectivity index (χ2n) is 6.15. The quantitative estimate of drug-likeness (QED) is 0.906. The van der Waals surface area contributed by atoms with Crippen molar-refractivity contribution >= 4 is 5.91 Å². The van der Waals surface area contributed by atoms with Gasteiger partial charge in [0, 0.05) is 18.6 Å². The predicted molar refractivity (Wildman–Crippen MR) is 81.8 cm³/mol. The summed E-state index contributed by atoms with van der Waals surface area (Å²) in [4.78, 5) is 14.9. The summed E-state index contributed by atoms with van der Waals surface area (Å²) in [7, 11) is 0. The van der Waals surface area contributed by atoms with Gasteiger partial charge in [0.05, 0.1) is 6.61 Å². The SMILES string of the molecule is CC(N)C1CCCCN1C(=O)C1OCCc2ccccc21. The molecular weight excluding hydrogens is 264 g/mol. The van der Waals surface area contributed by atoms with Crippen molar-refractivity contribution < 1.29 is 9.53 Å². The molecule has 0 aromatic heterocycles. The standard InChI is InChI=1S/C17H24N2O2/c1-12(18)15-8-4-5-10-19(15)17(20)16-14-7-3-2-6-13(14)9-11-21-16/h2-3,6-7,12,15-16H,4-5,8-11,18H2,1H3. The molecule has 21 heavy (non-hydrogen) atoms. The van der Waals surface area contributed by atoms with Crippen LogP contribution in [0.4, 0.5) is 0 Å². The van der Waals surface area contributed by atoms with Crippen LogP contribution in [0.5, 0.6) is 0 Å². The number of likely N-dealkylation sites (tertiary alicyclic amines) is 1. The summed E-state index contributed by atoms with van der Waals surface area (Å²) in [6, 6.07) is 8.26. The summed E-state index contributed by atoms with van der Waals surface area (Å²) in [6.45, 7) is 3.41. The fourth-order valence-electron chi connectivity index (χ4n) is 3.53. The zero-order valence-electron chi connectivity index (χ0n) is 12.6. The van der Waals surface area contributed by atoms with Crippen LogP contribution in [0.15, 0.2) is 24.3 Å². The molecule has 0 aliphatic carbocycles. The van der Waals surface area contributed by atoms with Crippen molar-refractivity contribution in [3.05, 3.63) is 35.4 Å². The monoisotopic (exact) mass is 288 g/mol. The summed E-state index contributed by atoms with van der Waals surface area (Å²) in [5.74, 6) is 0.0872. The van der Waals surface area contributed by atoms with Gasteiger partial charge in [0.2, 0.25) is 0 Å². The minimum absolute atomic E-state index is 0.00749. The zero-order chi connectivity index (χ0) is 14.8. The van der Waals surface area contributed by atoms with Gasteiger partial charge in [-0.15, -0.1) is 0 Å². The number of benzene rings is 1. The van der Waals surface area contributed by atoms with E-state index in [1.165, 1.54) is 5.56 Å². The maximum atomic E-state index is 13.0. The van der Waals surface area contributed by atoms with Crippen molar-refractivity contribution in [2.45, 2.75) is 50.8 Å². The molecule has 2 heterocycles. The van der Waals surface area contributed by atoms with Gasteiger partial charge in [0.15, 0.2) is 6.10 Å². The Morgan fingerprint density at radius 3 is 3.00 bits per heavy atom. The van der Waals surface area contributed by atoms with E-state index >= 15 is 0 Å². The Bertz CT molecular complexity index is 515. The highest BCUT2D eigenvalue weighted by atomic mass is 16.5. The second-order valence-corrected chi connectivity index (χ2v) is 6.15. The van der Waals surface area contributed by atoms with E-state index in [4.69, 9.17) is 10.5 Å². The van der Waals surface area contributed by atoms with Crippen LogP contribution >= 0.6 is 0 Å². The number of hydrogen-bond donors (Lipinski definition) is 1. The molecule has 4 heteroatoms. The molecule has 1 fully saturated rings. The molecule has 114 valence electrons. The van der Waals surface area contributed by atoms with Crippen molar-refractivity contribution in [1.29, 1.82) is 0 Å². The third kappa shape index (κ3) is 2.83. The average molecular weight is 288 g/mol. The number of fused-ring (bicyclic) bond motifs is 1. The normalized spacial score (nSPS) is 27.0. The van der Waals surface area contributed by atoms with Crippen molar-refractivity contribution in [1.82, 2.24) is 4.90 Å². The van der Waals surface area contributed by atoms with Crippen LogP contribution < -0.4 is 5.73 Å². The Morgan fingerprint density at radius 2 is 2.19 bits per heavy atom. The Labute approximate surface area is 126 Å². The zero-order valence-corrected chi connectivity index (χ0v) is 12.6. The van der Waals surface area contributed by atoms with Crippen LogP contribution in [0.25, 0.3) is 0 Å². The van der Waals surface area contributed by atoms with Gasteiger partial charge in [0.1, 0.15) is 0 Å². The van der Waals surface area contributed by atoms with Crippen LogP contribution in [0.1, 0.15) is 43.4 Å². The summed E-state index contributed by atoms with van der Waals surface area (Å²) in [6.07, 6.45) is 3.64. The first kappa shape index (κ1) is 14.5. The lowest BCUT2D eigenvalue weighted by molar-refractivity contribution is -0.149. The van der Waals surface area contributed by atoms with E-state index < -0.39 is 6.10 Å². The Hall–Kier alpha value is -1.39. The van der Waals surface area contributed by atoms with Crippen LogP contribution in [-0.2, 0) is 16.0 Å². The lowest BCUT2D eigenvalue weighted by atomic mass is 9.93. The number of piperidine rings is 1. The Morgan fingerprint density at radius 1 is 1.38 bits per heavy atom. The van der Waals surface area contributed by atoms with E-state index in [0.717, 1.165) is 37.8 Å². The van der Waals surface area contributed by atoms with Gasteiger partial charge in [-0.25, -0.2) is 0 Å². The second kappa shape index (κ2) is 6.16. The third-order valence-corrected chi connectivity index (χ3v) is 4.66. The molecule has 0 radical (unpaired) electrons. The summed E-state index contributed by atoms with van der Waals surface area (Å²) >= 11 is 0. The number of nitrogens with zero attached hydrogens (tertiary/aromatic N) is 1. The summed E-state index contributed by atoms with van der Waals surface area (Å²) in [5, 5.41) is 0. The highest BCUT2D eigenvalue weighted by Gasteiger charge is 2.36. The lowest BCUT2D eigenvalue weighted by Crippen LogP contribution is -2.53. The molecule has 2 aliphatic heterocycles. The molecule has 1 aromatic carbocycles. The van der Waals surface area contributed by atoms with Gasteiger partial charge in [-0.2, -0.15) is 0 Å². The summed E-state index contributed by atoms with van der Waals surface area (Å²) in [5.41, 5.74) is 8.35. The number of amides is 1. The maximum Gasteiger partial charge on any atom is 0.256 e. The third-order valence-electron chi connectivity index (χ3n) is 4.66. The number of rotatable bonds is 2. The minimum Gasteiger partial charge on any atom is -0.363 e. The first-order chi connectivity index (χ1) is 10.2. The van der Waals surface area contributed by atoms with Crippen LogP contribution in [0, 0.1) is 0 Å². The van der Waals surface area contributed by atoms with Gasteiger partial charge >= 0.3 is 0 Å². The molecule has 4 nitrogen and oxygen atoms in total. The fraction of sp³-hybridized carbons (Fsp3) is 0.588. The molecule has 0 saturated carbocycles. The largest absolute Gasteiger partial charge is 0.363 e. The number of carbonyl (C=O) groups is 1. The van der Waals surface area contributed by atoms with Crippen molar-refractivity contribution in [2.75, 3.05) is 13.2 Å². The maximum absolute atomic E-state index is 13.0. The van der Waals surface area contributed by atoms with E-state index in [1.54, 1.807) is 0 Å². The molecule has 1 amide bonds. The molecule has 1 aromatic rings. The fourth-order valence-corrected chi connectivity index (χ4v) is 3.53. The highest BCUT2D eigenvalue weighted by molar-refractivity contribution is 5.83. The van der Waals surface area contributed by atoms with Crippen molar-refractivity contribution in [3.8, 4) is 0 Å². The van der Waals surface area contributed by atoms with E-state index in [0.29, 0.717) is 6.61 Å². The van der Waals surface area contributed by atoms with E-state index in [-0.39, 0.29) is 18.0 Å². The summed E-state index contributed by atoms with van der Waals surface area (Å²) < 4.78 is 5.82. The molecule has 0 spiro atoms. The van der Waals surface area contributed by atoms with Crippen molar-refractivity contribution in [2.24, 2.45) is 5.73 Å². The number of hydrogen-bond acceptors (Lipinski definition) is 3. The van der Waals surface area contributed by atoms with E-state index in [1.807, 2.05) is 30.0 Å². The van der Waals surface area contributed by atoms with Crippen LogP contribution in [0.3, 0.4) is 0 Å². The molecular formula is C17H24N2O2. The highest BCUT2D eigenvalue weighted by Crippen LogP contribution is 2.31. The molecule has 2 aliphatic rings. The molecule has 3 unspecified atom stereocenters. The van der Waals surface area contributed by atoms with E-state index in [9.17, 15) is 4.79 Å². The van der Waals surface area contributed by atoms with Gasteiger partial charge in [-0.1, -0.05) is 24.3 Å². The Kier molecular flexibility index (Phi) is 4.27. The molecule has 3 rings (SSSR count). The first-order valence-electron chi connectivity index (χ1n) is 7.94. The molecule has 3 atom stereocenters. The lowest BCUT2D eigenvalue weighted by Gasteiger charge is -2.40. The Balaban J connectivity index is 1.85. The molecule has 2 N–H and O–H groups in total. The number of nitrogens with two attached hydrogens (primary N) is 1. The minimum atomic E-state index is -0.450. The van der Waals surface area contributed by atoms with Crippen molar-refractivity contribution in [3.63, 3.8) is 0 Å². The number of carbonyl (C=O) groups excluding carboxylic acids is 1. The smallest absolute Gasteiger partial charge is 0.256 e. The molecule has 1 saturated heterocycles. The van der Waals surface area contributed by atoms with Gasteiger partial charge in [-0.3, -0.25) is 4.79 Å². The first-order valence-corrected chi connectivity index (χ1v) is 7.94.